The Morgan fingerprint density at radius 1 is 1.06 bits per heavy atom. The summed E-state index contributed by atoms with van der Waals surface area (Å²) in [7, 11) is 0. The Labute approximate surface area is 104 Å². The largest absolute Gasteiger partial charge is 0.389 e. The smallest absolute Gasteiger partial charge is 0.316 e. The molecule has 0 saturated carbocycles. The van der Waals surface area contributed by atoms with Gasteiger partial charge in [-0.25, -0.2) is 0 Å². The van der Waals surface area contributed by atoms with Gasteiger partial charge in [-0.05, 0) is 25.1 Å². The first-order valence-corrected chi connectivity index (χ1v) is 6.52. The second-order valence-electron chi connectivity index (χ2n) is 3.63. The first-order chi connectivity index (χ1) is 8.08. The van der Waals surface area contributed by atoms with Crippen molar-refractivity contribution in [2.24, 2.45) is 0 Å². The van der Waals surface area contributed by atoms with Crippen molar-refractivity contribution in [1.82, 2.24) is 5.32 Å². The molecule has 1 rings (SSSR count). The molecule has 0 aliphatic carbocycles. The highest BCUT2D eigenvalue weighted by Gasteiger charge is 2.25. The van der Waals surface area contributed by atoms with Crippen LogP contribution in [0.2, 0.25) is 0 Å². The number of hydrogen-bond acceptors (Lipinski definition) is 2. The van der Waals surface area contributed by atoms with Crippen LogP contribution in [-0.4, -0.2) is 25.0 Å². The molecule has 1 nitrogen and oxygen atoms in total. The number of alkyl halides is 3. The SMILES string of the molecule is FC(F)(F)CCCNCCSc1ccccc1. The van der Waals surface area contributed by atoms with Crippen molar-refractivity contribution in [2.75, 3.05) is 18.8 Å². The van der Waals surface area contributed by atoms with E-state index in [0.717, 1.165) is 12.3 Å². The standard InChI is InChI=1S/C12H16F3NS/c13-12(14,15)7-4-8-16-9-10-17-11-5-2-1-3-6-11/h1-3,5-6,16H,4,7-10H2. The van der Waals surface area contributed by atoms with E-state index in [-0.39, 0.29) is 6.42 Å². The van der Waals surface area contributed by atoms with Gasteiger partial charge in [-0.3, -0.25) is 0 Å². The van der Waals surface area contributed by atoms with Crippen LogP contribution in [0.25, 0.3) is 0 Å². The lowest BCUT2D eigenvalue weighted by molar-refractivity contribution is -0.135. The fraction of sp³-hybridized carbons (Fsp3) is 0.500. The zero-order valence-corrected chi connectivity index (χ0v) is 10.3. The molecule has 0 saturated heterocycles. The summed E-state index contributed by atoms with van der Waals surface area (Å²) in [6.45, 7) is 1.16. The van der Waals surface area contributed by atoms with Crippen LogP contribution in [-0.2, 0) is 0 Å². The molecule has 0 spiro atoms. The van der Waals surface area contributed by atoms with Crippen molar-refractivity contribution in [3.8, 4) is 0 Å². The fourth-order valence-electron chi connectivity index (χ4n) is 1.30. The van der Waals surface area contributed by atoms with Crippen LogP contribution in [0.4, 0.5) is 13.2 Å². The third-order valence-electron chi connectivity index (χ3n) is 2.10. The monoisotopic (exact) mass is 263 g/mol. The highest BCUT2D eigenvalue weighted by atomic mass is 32.2. The van der Waals surface area contributed by atoms with Crippen LogP contribution < -0.4 is 5.32 Å². The Hall–Kier alpha value is -0.680. The molecule has 1 N–H and O–H groups in total. The van der Waals surface area contributed by atoms with E-state index in [4.69, 9.17) is 0 Å². The van der Waals surface area contributed by atoms with Gasteiger partial charge >= 0.3 is 6.18 Å². The minimum atomic E-state index is -4.03. The number of halogens is 3. The van der Waals surface area contributed by atoms with Crippen molar-refractivity contribution < 1.29 is 13.2 Å². The summed E-state index contributed by atoms with van der Waals surface area (Å²) >= 11 is 1.70. The summed E-state index contributed by atoms with van der Waals surface area (Å²) in [5.74, 6) is 0.871. The molecule has 0 amide bonds. The highest BCUT2D eigenvalue weighted by molar-refractivity contribution is 7.99. The maximum absolute atomic E-state index is 11.8. The van der Waals surface area contributed by atoms with E-state index < -0.39 is 12.6 Å². The predicted molar refractivity (Wildman–Crippen MR) is 65.3 cm³/mol. The minimum Gasteiger partial charge on any atom is -0.316 e. The molecule has 0 unspecified atom stereocenters. The van der Waals surface area contributed by atoms with Crippen LogP contribution in [0, 0.1) is 0 Å². The van der Waals surface area contributed by atoms with E-state index in [1.54, 1.807) is 11.8 Å². The number of rotatable bonds is 7. The quantitative estimate of drug-likeness (QED) is 0.594. The topological polar surface area (TPSA) is 12.0 Å². The van der Waals surface area contributed by atoms with E-state index in [2.05, 4.69) is 5.32 Å². The van der Waals surface area contributed by atoms with Gasteiger partial charge in [-0.2, -0.15) is 13.2 Å². The number of thioether (sulfide) groups is 1. The van der Waals surface area contributed by atoms with Gasteiger partial charge in [0.15, 0.2) is 0 Å². The number of hydrogen-bond donors (Lipinski definition) is 1. The lowest BCUT2D eigenvalue weighted by atomic mass is 10.3. The summed E-state index contributed by atoms with van der Waals surface area (Å²) in [5, 5.41) is 3.01. The Morgan fingerprint density at radius 2 is 1.76 bits per heavy atom. The third-order valence-corrected chi connectivity index (χ3v) is 3.12. The Bertz CT molecular complexity index is 300. The highest BCUT2D eigenvalue weighted by Crippen LogP contribution is 2.20. The summed E-state index contributed by atoms with van der Waals surface area (Å²) in [6, 6.07) is 9.94. The van der Waals surface area contributed by atoms with E-state index in [9.17, 15) is 13.2 Å². The van der Waals surface area contributed by atoms with Gasteiger partial charge in [0.2, 0.25) is 0 Å². The zero-order valence-electron chi connectivity index (χ0n) is 9.46. The number of nitrogens with one attached hydrogen (secondary N) is 1. The molecule has 0 aliphatic heterocycles. The third kappa shape index (κ3) is 8.10. The van der Waals surface area contributed by atoms with Gasteiger partial charge in [0.25, 0.3) is 0 Å². The van der Waals surface area contributed by atoms with E-state index >= 15 is 0 Å². The molecule has 0 atom stereocenters. The lowest BCUT2D eigenvalue weighted by Crippen LogP contribution is -2.20. The maximum atomic E-state index is 11.8. The first kappa shape index (κ1) is 14.4. The van der Waals surface area contributed by atoms with Crippen molar-refractivity contribution in [2.45, 2.75) is 23.9 Å². The minimum absolute atomic E-state index is 0.152. The van der Waals surface area contributed by atoms with Gasteiger partial charge in [0.05, 0.1) is 0 Å². The molecule has 0 fully saturated rings. The second kappa shape index (κ2) is 7.61. The number of benzene rings is 1. The average Bonchev–Trinajstić information content (AvgIpc) is 2.28. The zero-order chi connectivity index (χ0) is 12.6. The van der Waals surface area contributed by atoms with Crippen molar-refractivity contribution in [3.05, 3.63) is 30.3 Å². The molecule has 17 heavy (non-hydrogen) atoms. The molecule has 96 valence electrons. The Morgan fingerprint density at radius 3 is 2.41 bits per heavy atom. The van der Waals surface area contributed by atoms with Gasteiger partial charge < -0.3 is 5.32 Å². The molecule has 1 aromatic rings. The van der Waals surface area contributed by atoms with E-state index in [1.807, 2.05) is 30.3 Å². The Kier molecular flexibility index (Phi) is 6.44. The van der Waals surface area contributed by atoms with Crippen molar-refractivity contribution in [1.29, 1.82) is 0 Å². The molecule has 0 aliphatic rings. The van der Waals surface area contributed by atoms with Gasteiger partial charge in [0, 0.05) is 23.6 Å². The van der Waals surface area contributed by atoms with E-state index in [1.165, 1.54) is 4.90 Å². The average molecular weight is 263 g/mol. The summed E-state index contributed by atoms with van der Waals surface area (Å²) < 4.78 is 35.5. The molecule has 0 radical (unpaired) electrons. The fourth-order valence-corrected chi connectivity index (χ4v) is 2.13. The molecular weight excluding hydrogens is 247 g/mol. The summed E-state index contributed by atoms with van der Waals surface area (Å²) in [6.07, 6.45) is -4.58. The van der Waals surface area contributed by atoms with Crippen LogP contribution in [0.3, 0.4) is 0 Å². The first-order valence-electron chi connectivity index (χ1n) is 5.53. The molecule has 0 heterocycles. The predicted octanol–water partition coefficient (Wildman–Crippen LogP) is 3.71. The molecule has 5 heteroatoms. The van der Waals surface area contributed by atoms with Gasteiger partial charge in [-0.1, -0.05) is 18.2 Å². The normalized spacial score (nSPS) is 11.7. The van der Waals surface area contributed by atoms with Gasteiger partial charge in [-0.15, -0.1) is 11.8 Å². The summed E-state index contributed by atoms with van der Waals surface area (Å²) in [5.41, 5.74) is 0. The van der Waals surface area contributed by atoms with Crippen LogP contribution >= 0.6 is 11.8 Å². The lowest BCUT2D eigenvalue weighted by Gasteiger charge is -2.07. The van der Waals surface area contributed by atoms with E-state index in [0.29, 0.717) is 6.54 Å². The second-order valence-corrected chi connectivity index (χ2v) is 4.80. The maximum Gasteiger partial charge on any atom is 0.389 e. The molecule has 1 aromatic carbocycles. The van der Waals surface area contributed by atoms with Crippen LogP contribution in [0.15, 0.2) is 35.2 Å². The molecular formula is C12H16F3NS. The van der Waals surface area contributed by atoms with Crippen molar-refractivity contribution >= 4 is 11.8 Å². The van der Waals surface area contributed by atoms with Crippen LogP contribution in [0.5, 0.6) is 0 Å². The Balaban J connectivity index is 1.95. The van der Waals surface area contributed by atoms with Gasteiger partial charge in [0.1, 0.15) is 0 Å². The molecule has 0 aromatic heterocycles. The summed E-state index contributed by atoms with van der Waals surface area (Å²) in [4.78, 5) is 1.18. The van der Waals surface area contributed by atoms with Crippen molar-refractivity contribution in [3.63, 3.8) is 0 Å². The van der Waals surface area contributed by atoms with Crippen LogP contribution in [0.1, 0.15) is 12.8 Å². The molecule has 0 bridgehead atoms.